The van der Waals surface area contributed by atoms with Crippen LogP contribution in [0, 0.1) is 19.8 Å². The molecule has 0 saturated carbocycles. The van der Waals surface area contributed by atoms with Crippen LogP contribution in [0.2, 0.25) is 0 Å². The molecule has 1 aromatic rings. The fourth-order valence-corrected chi connectivity index (χ4v) is 3.11. The van der Waals surface area contributed by atoms with Gasteiger partial charge in [0.05, 0.1) is 12.5 Å². The Bertz CT molecular complexity index is 606. The maximum atomic E-state index is 12.8. The van der Waals surface area contributed by atoms with E-state index < -0.39 is 6.10 Å². The summed E-state index contributed by atoms with van der Waals surface area (Å²) in [4.78, 5) is 26.5. The van der Waals surface area contributed by atoms with Gasteiger partial charge in [0.15, 0.2) is 6.10 Å². The van der Waals surface area contributed by atoms with Crippen molar-refractivity contribution in [3.05, 3.63) is 29.3 Å². The molecule has 0 unspecified atom stereocenters. The molecule has 1 heterocycles. The second kappa shape index (κ2) is 8.88. The topological polar surface area (TPSA) is 55.8 Å². The van der Waals surface area contributed by atoms with E-state index in [1.165, 1.54) is 0 Å². The van der Waals surface area contributed by atoms with Crippen molar-refractivity contribution in [1.82, 2.24) is 4.90 Å². The Morgan fingerprint density at radius 2 is 1.88 bits per heavy atom. The fraction of sp³-hybridized carbons (Fsp3) is 0.600. The van der Waals surface area contributed by atoms with Crippen molar-refractivity contribution >= 4 is 11.9 Å². The van der Waals surface area contributed by atoms with Crippen LogP contribution < -0.4 is 4.74 Å². The Labute approximate surface area is 150 Å². The summed E-state index contributed by atoms with van der Waals surface area (Å²) in [7, 11) is 0. The number of ether oxygens (including phenoxy) is 2. The lowest BCUT2D eigenvalue weighted by Crippen LogP contribution is -2.46. The number of hydrogen-bond acceptors (Lipinski definition) is 4. The van der Waals surface area contributed by atoms with Crippen LogP contribution in [-0.2, 0) is 14.3 Å². The van der Waals surface area contributed by atoms with Gasteiger partial charge in [0.2, 0.25) is 0 Å². The van der Waals surface area contributed by atoms with Gasteiger partial charge in [0.25, 0.3) is 5.91 Å². The number of hydrogen-bond donors (Lipinski definition) is 0. The van der Waals surface area contributed by atoms with Crippen LogP contribution in [0.3, 0.4) is 0 Å². The molecule has 1 amide bonds. The molecule has 0 radical (unpaired) electrons. The summed E-state index contributed by atoms with van der Waals surface area (Å²) in [5.74, 6) is 0.532. The van der Waals surface area contributed by atoms with Crippen molar-refractivity contribution in [1.29, 1.82) is 0 Å². The summed E-state index contributed by atoms with van der Waals surface area (Å²) >= 11 is 0. The standard InChI is InChI=1S/C20H29NO4/c1-5-17(25-18-9-7-8-14(3)15(18)4)19(22)21-12-10-16(11-13-21)20(23)24-6-2/h7-9,16-17H,5-6,10-13H2,1-4H3/t17-/m0/s1. The zero-order valence-corrected chi connectivity index (χ0v) is 15.7. The van der Waals surface area contributed by atoms with Crippen molar-refractivity contribution in [2.24, 2.45) is 5.92 Å². The van der Waals surface area contributed by atoms with Gasteiger partial charge in [-0.1, -0.05) is 19.1 Å². The van der Waals surface area contributed by atoms with Crippen LogP contribution in [0.25, 0.3) is 0 Å². The summed E-state index contributed by atoms with van der Waals surface area (Å²) in [6.45, 7) is 9.37. The Morgan fingerprint density at radius 3 is 2.48 bits per heavy atom. The number of carbonyl (C=O) groups excluding carboxylic acids is 2. The van der Waals surface area contributed by atoms with Crippen LogP contribution in [0.15, 0.2) is 18.2 Å². The molecule has 138 valence electrons. The zero-order chi connectivity index (χ0) is 18.4. The third-order valence-electron chi connectivity index (χ3n) is 4.90. The minimum Gasteiger partial charge on any atom is -0.480 e. The molecule has 0 N–H and O–H groups in total. The van der Waals surface area contributed by atoms with E-state index in [1.807, 2.05) is 50.8 Å². The number of nitrogens with zero attached hydrogens (tertiary/aromatic N) is 1. The van der Waals surface area contributed by atoms with E-state index in [-0.39, 0.29) is 17.8 Å². The second-order valence-electron chi connectivity index (χ2n) is 6.56. The minimum absolute atomic E-state index is 0.00529. The van der Waals surface area contributed by atoms with Gasteiger partial charge in [0, 0.05) is 13.1 Å². The molecule has 1 saturated heterocycles. The van der Waals surface area contributed by atoms with E-state index in [0.29, 0.717) is 39.0 Å². The summed E-state index contributed by atoms with van der Waals surface area (Å²) in [5.41, 5.74) is 2.21. The average molecular weight is 347 g/mol. The molecular formula is C20H29NO4. The van der Waals surface area contributed by atoms with Crippen LogP contribution in [0.1, 0.15) is 44.2 Å². The Kier molecular flexibility index (Phi) is 6.85. The second-order valence-corrected chi connectivity index (χ2v) is 6.56. The number of aryl methyl sites for hydroxylation is 1. The molecule has 5 nitrogen and oxygen atoms in total. The van der Waals surface area contributed by atoms with E-state index in [4.69, 9.17) is 9.47 Å². The highest BCUT2D eigenvalue weighted by molar-refractivity contribution is 5.82. The lowest BCUT2D eigenvalue weighted by atomic mass is 9.96. The summed E-state index contributed by atoms with van der Waals surface area (Å²) < 4.78 is 11.1. The Balaban J connectivity index is 1.96. The number of likely N-dealkylation sites (tertiary alicyclic amines) is 1. The van der Waals surface area contributed by atoms with Crippen LogP contribution in [-0.4, -0.2) is 42.6 Å². The van der Waals surface area contributed by atoms with E-state index >= 15 is 0 Å². The Hall–Kier alpha value is -2.04. The number of amides is 1. The largest absolute Gasteiger partial charge is 0.480 e. The number of rotatable bonds is 6. The molecule has 1 aliphatic rings. The van der Waals surface area contributed by atoms with Gasteiger partial charge in [-0.15, -0.1) is 0 Å². The number of carbonyl (C=O) groups is 2. The van der Waals surface area contributed by atoms with Gasteiger partial charge in [0.1, 0.15) is 5.75 Å². The third-order valence-corrected chi connectivity index (χ3v) is 4.90. The van der Waals surface area contributed by atoms with Crippen molar-refractivity contribution < 1.29 is 19.1 Å². The molecular weight excluding hydrogens is 318 g/mol. The monoisotopic (exact) mass is 347 g/mol. The maximum Gasteiger partial charge on any atom is 0.309 e. The van der Waals surface area contributed by atoms with Crippen LogP contribution in [0.5, 0.6) is 5.75 Å². The normalized spacial score (nSPS) is 16.4. The summed E-state index contributed by atoms with van der Waals surface area (Å²) in [6, 6.07) is 5.89. The number of esters is 1. The van der Waals surface area contributed by atoms with Gasteiger partial charge < -0.3 is 14.4 Å². The number of piperidine rings is 1. The van der Waals surface area contributed by atoms with Crippen molar-refractivity contribution in [3.8, 4) is 5.75 Å². The molecule has 25 heavy (non-hydrogen) atoms. The van der Waals surface area contributed by atoms with Crippen LogP contribution in [0.4, 0.5) is 0 Å². The van der Waals surface area contributed by atoms with E-state index in [1.54, 1.807) is 0 Å². The van der Waals surface area contributed by atoms with Crippen LogP contribution >= 0.6 is 0 Å². The van der Waals surface area contributed by atoms with E-state index in [0.717, 1.165) is 16.9 Å². The van der Waals surface area contributed by atoms with Gasteiger partial charge in [-0.05, 0) is 57.2 Å². The predicted octanol–water partition coefficient (Wildman–Crippen LogP) is 3.26. The molecule has 5 heteroatoms. The van der Waals surface area contributed by atoms with Gasteiger partial charge >= 0.3 is 5.97 Å². The lowest BCUT2D eigenvalue weighted by molar-refractivity contribution is -0.152. The first-order valence-electron chi connectivity index (χ1n) is 9.16. The molecule has 0 spiro atoms. The molecule has 0 aromatic heterocycles. The van der Waals surface area contributed by atoms with Gasteiger partial charge in [-0.3, -0.25) is 9.59 Å². The predicted molar refractivity (Wildman–Crippen MR) is 96.6 cm³/mol. The van der Waals surface area contributed by atoms with Gasteiger partial charge in [-0.25, -0.2) is 0 Å². The van der Waals surface area contributed by atoms with Gasteiger partial charge in [-0.2, -0.15) is 0 Å². The molecule has 1 atom stereocenters. The first-order chi connectivity index (χ1) is 12.0. The lowest BCUT2D eigenvalue weighted by Gasteiger charge is -2.33. The quantitative estimate of drug-likeness (QED) is 0.741. The Morgan fingerprint density at radius 1 is 1.20 bits per heavy atom. The molecule has 1 fully saturated rings. The van der Waals surface area contributed by atoms with Crippen molar-refractivity contribution in [2.75, 3.05) is 19.7 Å². The zero-order valence-electron chi connectivity index (χ0n) is 15.7. The van der Waals surface area contributed by atoms with E-state index in [9.17, 15) is 9.59 Å². The summed E-state index contributed by atoms with van der Waals surface area (Å²) in [5, 5.41) is 0. The average Bonchev–Trinajstić information content (AvgIpc) is 2.63. The minimum atomic E-state index is -0.486. The highest BCUT2D eigenvalue weighted by atomic mass is 16.5. The highest BCUT2D eigenvalue weighted by Crippen LogP contribution is 2.24. The fourth-order valence-electron chi connectivity index (χ4n) is 3.11. The highest BCUT2D eigenvalue weighted by Gasteiger charge is 2.31. The van der Waals surface area contributed by atoms with E-state index in [2.05, 4.69) is 0 Å². The molecule has 1 aromatic carbocycles. The molecule has 2 rings (SSSR count). The first kappa shape index (κ1) is 19.3. The smallest absolute Gasteiger partial charge is 0.309 e. The third kappa shape index (κ3) is 4.74. The molecule has 0 bridgehead atoms. The van der Waals surface area contributed by atoms with Crippen molar-refractivity contribution in [2.45, 2.75) is 53.1 Å². The molecule has 0 aliphatic carbocycles. The first-order valence-corrected chi connectivity index (χ1v) is 9.16. The van der Waals surface area contributed by atoms with Crippen molar-refractivity contribution in [3.63, 3.8) is 0 Å². The SMILES string of the molecule is CCOC(=O)C1CCN(C(=O)[C@H](CC)Oc2cccc(C)c2C)CC1. The molecule has 1 aliphatic heterocycles. The summed E-state index contributed by atoms with van der Waals surface area (Å²) in [6.07, 6.45) is 1.44. The maximum absolute atomic E-state index is 12.8. The number of benzene rings is 1.